The summed E-state index contributed by atoms with van der Waals surface area (Å²) in [4.78, 5) is 24.0. The van der Waals surface area contributed by atoms with Gasteiger partial charge in [0.15, 0.2) is 11.0 Å². The van der Waals surface area contributed by atoms with Crippen LogP contribution in [0.4, 0.5) is 0 Å². The fourth-order valence-electron chi connectivity index (χ4n) is 3.95. The predicted molar refractivity (Wildman–Crippen MR) is 131 cm³/mol. The van der Waals surface area contributed by atoms with E-state index in [9.17, 15) is 9.90 Å². The number of hydrogen-bond donors (Lipinski definition) is 3. The lowest BCUT2D eigenvalue weighted by atomic mass is 9.93. The first-order valence-corrected chi connectivity index (χ1v) is 11.7. The SMILES string of the molecule is CSc1nc2c(C)c(-c3ccc(-c4ccccc4-c4nc(=S)o[nH]4)cc3)cc(C(=O)O)c2[nH]1. The van der Waals surface area contributed by atoms with E-state index in [0.717, 1.165) is 33.4 Å². The van der Waals surface area contributed by atoms with Gasteiger partial charge in [-0.05, 0) is 59.3 Å². The van der Waals surface area contributed by atoms with Crippen molar-refractivity contribution < 1.29 is 14.4 Å². The van der Waals surface area contributed by atoms with Gasteiger partial charge in [0.1, 0.15) is 0 Å². The van der Waals surface area contributed by atoms with E-state index in [1.807, 2.05) is 61.7 Å². The number of aromatic amines is 2. The molecule has 5 rings (SSSR count). The van der Waals surface area contributed by atoms with Crippen molar-refractivity contribution in [2.75, 3.05) is 6.26 Å². The molecular weight excluding hydrogens is 456 g/mol. The second kappa shape index (κ2) is 8.34. The summed E-state index contributed by atoms with van der Waals surface area (Å²) in [5, 5.41) is 13.2. The van der Waals surface area contributed by atoms with Crippen molar-refractivity contribution in [3.63, 3.8) is 0 Å². The van der Waals surface area contributed by atoms with Crippen molar-refractivity contribution in [2.24, 2.45) is 0 Å². The Morgan fingerprint density at radius 3 is 2.30 bits per heavy atom. The molecule has 0 saturated heterocycles. The van der Waals surface area contributed by atoms with Crippen LogP contribution in [0.25, 0.3) is 44.7 Å². The third kappa shape index (κ3) is 3.75. The van der Waals surface area contributed by atoms with Crippen LogP contribution in [0.15, 0.2) is 64.3 Å². The second-order valence-electron chi connectivity index (χ2n) is 7.42. The first-order chi connectivity index (χ1) is 16.0. The average Bonchev–Trinajstić information content (AvgIpc) is 3.46. The van der Waals surface area contributed by atoms with Gasteiger partial charge in [0.25, 0.3) is 0 Å². The fraction of sp³-hybridized carbons (Fsp3) is 0.0833. The lowest BCUT2D eigenvalue weighted by molar-refractivity contribution is 0.0699. The minimum absolute atomic E-state index is 0.151. The van der Waals surface area contributed by atoms with Crippen LogP contribution in [0.1, 0.15) is 15.9 Å². The number of nitrogens with zero attached hydrogens (tertiary/aromatic N) is 2. The first kappa shape index (κ1) is 21.2. The van der Waals surface area contributed by atoms with E-state index >= 15 is 0 Å². The molecule has 0 radical (unpaired) electrons. The molecule has 3 N–H and O–H groups in total. The topological polar surface area (TPSA) is 108 Å². The van der Waals surface area contributed by atoms with Crippen molar-refractivity contribution >= 4 is 41.0 Å². The summed E-state index contributed by atoms with van der Waals surface area (Å²) in [6, 6.07) is 17.5. The molecule has 0 aliphatic carbocycles. The van der Waals surface area contributed by atoms with Crippen LogP contribution in [0.2, 0.25) is 0 Å². The molecule has 7 nitrogen and oxygen atoms in total. The van der Waals surface area contributed by atoms with Crippen molar-refractivity contribution in [1.29, 1.82) is 0 Å². The smallest absolute Gasteiger partial charge is 0.337 e. The standard InChI is InChI=1S/C24H18N4O3S2/c1-12-17(11-18(22(29)30)20-19(12)25-23(26-20)33-2)14-9-7-13(8-10-14)15-5-3-4-6-16(15)21-27-24(32)31-28-21/h3-11H,1-2H3,(H,25,26)(H,29,30)(H,27,28,32). The minimum atomic E-state index is -0.993. The molecule has 164 valence electrons. The van der Waals surface area contributed by atoms with Crippen LogP contribution in [0, 0.1) is 11.8 Å². The molecule has 2 aromatic heterocycles. The summed E-state index contributed by atoms with van der Waals surface area (Å²) in [5.74, 6) is -0.428. The van der Waals surface area contributed by atoms with Crippen molar-refractivity contribution in [1.82, 2.24) is 20.1 Å². The van der Waals surface area contributed by atoms with Gasteiger partial charge in [0, 0.05) is 5.56 Å². The van der Waals surface area contributed by atoms with Crippen LogP contribution in [0.3, 0.4) is 0 Å². The maximum absolute atomic E-state index is 11.9. The number of carbonyl (C=O) groups is 1. The molecule has 2 heterocycles. The third-order valence-electron chi connectivity index (χ3n) is 5.55. The number of benzene rings is 3. The zero-order valence-electron chi connectivity index (χ0n) is 17.7. The summed E-state index contributed by atoms with van der Waals surface area (Å²) in [6.45, 7) is 1.96. The van der Waals surface area contributed by atoms with Gasteiger partial charge in [-0.2, -0.15) is 4.98 Å². The lowest BCUT2D eigenvalue weighted by Gasteiger charge is -2.11. The molecule has 5 aromatic rings. The number of H-pyrrole nitrogens is 2. The van der Waals surface area contributed by atoms with Gasteiger partial charge in [-0.3, -0.25) is 0 Å². The van der Waals surface area contributed by atoms with E-state index in [-0.39, 0.29) is 10.4 Å². The highest BCUT2D eigenvalue weighted by Gasteiger charge is 2.19. The van der Waals surface area contributed by atoms with E-state index in [2.05, 4.69) is 20.1 Å². The summed E-state index contributed by atoms with van der Waals surface area (Å²) >= 11 is 6.43. The first-order valence-electron chi connectivity index (χ1n) is 10.0. The van der Waals surface area contributed by atoms with Gasteiger partial charge in [0.2, 0.25) is 0 Å². The van der Waals surface area contributed by atoms with E-state index < -0.39 is 5.97 Å². The Kier molecular flexibility index (Phi) is 5.35. The molecule has 0 fully saturated rings. The Hall–Kier alpha value is -3.69. The summed E-state index contributed by atoms with van der Waals surface area (Å²) in [6.07, 6.45) is 1.90. The Morgan fingerprint density at radius 2 is 1.70 bits per heavy atom. The van der Waals surface area contributed by atoms with Gasteiger partial charge in [-0.15, -0.1) is 0 Å². The molecular formula is C24H18N4O3S2. The molecule has 33 heavy (non-hydrogen) atoms. The predicted octanol–water partition coefficient (Wildman–Crippen LogP) is 6.34. The van der Waals surface area contributed by atoms with Crippen LogP contribution >= 0.6 is 24.0 Å². The van der Waals surface area contributed by atoms with Gasteiger partial charge in [-0.25, -0.2) is 14.9 Å². The van der Waals surface area contributed by atoms with Gasteiger partial charge in [0.05, 0.1) is 16.6 Å². The highest BCUT2D eigenvalue weighted by Crippen LogP contribution is 2.35. The number of aryl methyl sites for hydroxylation is 1. The Labute approximate surface area is 197 Å². The number of aromatic nitrogens is 4. The molecule has 0 aliphatic heterocycles. The monoisotopic (exact) mass is 474 g/mol. The second-order valence-corrected chi connectivity index (χ2v) is 8.57. The molecule has 0 atom stereocenters. The van der Waals surface area contributed by atoms with Crippen LogP contribution in [-0.2, 0) is 0 Å². The number of thioether (sulfide) groups is 1. The average molecular weight is 475 g/mol. The van der Waals surface area contributed by atoms with Crippen molar-refractivity contribution in [2.45, 2.75) is 12.1 Å². The maximum atomic E-state index is 11.9. The molecule has 3 aromatic carbocycles. The minimum Gasteiger partial charge on any atom is -0.478 e. The van der Waals surface area contributed by atoms with Gasteiger partial charge in [-0.1, -0.05) is 60.3 Å². The van der Waals surface area contributed by atoms with Crippen LogP contribution in [-0.4, -0.2) is 37.4 Å². The van der Waals surface area contributed by atoms with E-state index in [1.165, 1.54) is 11.8 Å². The fourth-order valence-corrected chi connectivity index (χ4v) is 4.47. The lowest BCUT2D eigenvalue weighted by Crippen LogP contribution is -2.00. The maximum Gasteiger partial charge on any atom is 0.337 e. The number of carboxylic acids is 1. The van der Waals surface area contributed by atoms with Crippen LogP contribution < -0.4 is 0 Å². The highest BCUT2D eigenvalue weighted by atomic mass is 32.2. The summed E-state index contributed by atoms with van der Waals surface area (Å²) < 4.78 is 5.10. The number of imidazole rings is 1. The molecule has 0 aliphatic rings. The number of nitrogens with one attached hydrogen (secondary N) is 2. The van der Waals surface area contributed by atoms with Gasteiger partial charge >= 0.3 is 10.8 Å². The molecule has 9 heteroatoms. The molecule has 0 unspecified atom stereocenters. The zero-order chi connectivity index (χ0) is 23.1. The van der Waals surface area contributed by atoms with E-state index in [4.69, 9.17) is 16.7 Å². The Balaban J connectivity index is 1.61. The summed E-state index contributed by atoms with van der Waals surface area (Å²) in [5.41, 5.74) is 6.92. The van der Waals surface area contributed by atoms with Gasteiger partial charge < -0.3 is 14.6 Å². The Bertz CT molecular complexity index is 1570. The zero-order valence-corrected chi connectivity index (χ0v) is 19.3. The number of rotatable bonds is 5. The van der Waals surface area contributed by atoms with E-state index in [0.29, 0.717) is 22.0 Å². The third-order valence-corrected chi connectivity index (χ3v) is 6.30. The number of aromatic carboxylic acids is 1. The quantitative estimate of drug-likeness (QED) is 0.201. The number of fused-ring (bicyclic) bond motifs is 1. The largest absolute Gasteiger partial charge is 0.478 e. The molecule has 0 bridgehead atoms. The molecule has 0 saturated carbocycles. The number of carboxylic acid groups (broad SMARTS) is 1. The summed E-state index contributed by atoms with van der Waals surface area (Å²) in [7, 11) is 0. The Morgan fingerprint density at radius 1 is 1.03 bits per heavy atom. The van der Waals surface area contributed by atoms with Crippen LogP contribution in [0.5, 0.6) is 0 Å². The number of hydrogen-bond acceptors (Lipinski definition) is 6. The van der Waals surface area contributed by atoms with Crippen molar-refractivity contribution in [3.8, 4) is 33.6 Å². The molecule has 0 spiro atoms. The molecule has 0 amide bonds. The van der Waals surface area contributed by atoms with E-state index in [1.54, 1.807) is 6.07 Å². The normalized spacial score (nSPS) is 11.2. The van der Waals surface area contributed by atoms with Crippen molar-refractivity contribution in [3.05, 3.63) is 70.6 Å². The highest BCUT2D eigenvalue weighted by molar-refractivity contribution is 7.98.